The standard InChI is InChI=1S/C18H31NO3/c1-2-3-4-5-9-12-15-13-16(18(21)22-15)17(20)19-14-10-7-6-8-11-14/h14-16H,2-13H2,1H3,(H,19,20). The largest absolute Gasteiger partial charge is 0.462 e. The van der Waals surface area contributed by atoms with E-state index in [0.717, 1.165) is 25.7 Å². The molecule has 2 unspecified atom stereocenters. The maximum Gasteiger partial charge on any atom is 0.318 e. The van der Waals surface area contributed by atoms with Crippen LogP contribution in [0.5, 0.6) is 0 Å². The summed E-state index contributed by atoms with van der Waals surface area (Å²) in [5, 5.41) is 3.06. The van der Waals surface area contributed by atoms with Crippen molar-refractivity contribution in [3.8, 4) is 0 Å². The molecule has 0 aromatic carbocycles. The Balaban J connectivity index is 1.68. The van der Waals surface area contributed by atoms with Gasteiger partial charge in [0.25, 0.3) is 0 Å². The van der Waals surface area contributed by atoms with E-state index in [-0.39, 0.29) is 24.0 Å². The quantitative estimate of drug-likeness (QED) is 0.422. The lowest BCUT2D eigenvalue weighted by molar-refractivity contribution is -0.147. The highest BCUT2D eigenvalue weighted by Crippen LogP contribution is 2.26. The molecule has 2 aliphatic rings. The number of carbonyl (C=O) groups is 2. The van der Waals surface area contributed by atoms with Crippen molar-refractivity contribution in [2.45, 2.75) is 96.1 Å². The van der Waals surface area contributed by atoms with Crippen molar-refractivity contribution in [1.82, 2.24) is 5.32 Å². The average Bonchev–Trinajstić information content (AvgIpc) is 2.89. The molecule has 1 heterocycles. The van der Waals surface area contributed by atoms with E-state index in [4.69, 9.17) is 4.74 Å². The van der Waals surface area contributed by atoms with Gasteiger partial charge in [-0.2, -0.15) is 0 Å². The third kappa shape index (κ3) is 5.29. The first-order valence-corrected chi connectivity index (χ1v) is 9.21. The SMILES string of the molecule is CCCCCCCC1CC(C(=O)NC2CCCCC2)C(=O)O1. The summed E-state index contributed by atoms with van der Waals surface area (Å²) in [6.45, 7) is 2.20. The lowest BCUT2D eigenvalue weighted by atomic mass is 9.94. The van der Waals surface area contributed by atoms with E-state index in [0.29, 0.717) is 6.42 Å². The summed E-state index contributed by atoms with van der Waals surface area (Å²) in [6, 6.07) is 0.266. The van der Waals surface area contributed by atoms with Crippen LogP contribution in [0.1, 0.15) is 84.0 Å². The molecule has 22 heavy (non-hydrogen) atoms. The van der Waals surface area contributed by atoms with Crippen molar-refractivity contribution >= 4 is 11.9 Å². The summed E-state index contributed by atoms with van der Waals surface area (Å²) in [7, 11) is 0. The molecule has 0 aromatic heterocycles. The predicted molar refractivity (Wildman–Crippen MR) is 86.4 cm³/mol. The van der Waals surface area contributed by atoms with Crippen molar-refractivity contribution in [2.75, 3.05) is 0 Å². The van der Waals surface area contributed by atoms with Crippen LogP contribution in [-0.4, -0.2) is 24.0 Å². The van der Waals surface area contributed by atoms with E-state index in [1.807, 2.05) is 0 Å². The molecule has 2 fully saturated rings. The number of carbonyl (C=O) groups excluding carboxylic acids is 2. The van der Waals surface area contributed by atoms with E-state index in [2.05, 4.69) is 12.2 Å². The fourth-order valence-corrected chi connectivity index (χ4v) is 3.57. The third-order valence-corrected chi connectivity index (χ3v) is 4.96. The van der Waals surface area contributed by atoms with Gasteiger partial charge in [0.1, 0.15) is 12.0 Å². The highest BCUT2D eigenvalue weighted by atomic mass is 16.6. The molecule has 0 radical (unpaired) electrons. The van der Waals surface area contributed by atoms with E-state index >= 15 is 0 Å². The van der Waals surface area contributed by atoms with E-state index < -0.39 is 5.92 Å². The Morgan fingerprint density at radius 2 is 1.86 bits per heavy atom. The van der Waals surface area contributed by atoms with Gasteiger partial charge in [-0.3, -0.25) is 9.59 Å². The number of nitrogens with one attached hydrogen (secondary N) is 1. The van der Waals surface area contributed by atoms with Gasteiger partial charge in [0.2, 0.25) is 5.91 Å². The fraction of sp³-hybridized carbons (Fsp3) is 0.889. The van der Waals surface area contributed by atoms with Crippen LogP contribution in [0.2, 0.25) is 0 Å². The zero-order chi connectivity index (χ0) is 15.8. The average molecular weight is 309 g/mol. The predicted octanol–water partition coefficient (Wildman–Crippen LogP) is 3.73. The summed E-state index contributed by atoms with van der Waals surface area (Å²) < 4.78 is 5.39. The van der Waals surface area contributed by atoms with Crippen LogP contribution in [0.3, 0.4) is 0 Å². The van der Waals surface area contributed by atoms with Crippen LogP contribution in [0.15, 0.2) is 0 Å². The van der Waals surface area contributed by atoms with Crippen molar-refractivity contribution in [3.63, 3.8) is 0 Å². The highest BCUT2D eigenvalue weighted by molar-refractivity contribution is 5.99. The zero-order valence-corrected chi connectivity index (χ0v) is 13.9. The molecule has 2 rings (SSSR count). The summed E-state index contributed by atoms with van der Waals surface area (Å²) >= 11 is 0. The zero-order valence-electron chi connectivity index (χ0n) is 13.9. The highest BCUT2D eigenvalue weighted by Gasteiger charge is 2.39. The number of rotatable bonds is 8. The molecule has 0 spiro atoms. The summed E-state index contributed by atoms with van der Waals surface area (Å²) in [5.41, 5.74) is 0. The molecule has 1 amide bonds. The molecule has 1 aliphatic carbocycles. The summed E-state index contributed by atoms with van der Waals surface area (Å²) in [4.78, 5) is 24.2. The van der Waals surface area contributed by atoms with Gasteiger partial charge in [0, 0.05) is 12.5 Å². The molecular formula is C18H31NO3. The Hall–Kier alpha value is -1.06. The van der Waals surface area contributed by atoms with Gasteiger partial charge in [0.15, 0.2) is 0 Å². The Bertz CT molecular complexity index is 363. The molecule has 1 saturated carbocycles. The Morgan fingerprint density at radius 1 is 1.14 bits per heavy atom. The van der Waals surface area contributed by atoms with Crippen molar-refractivity contribution in [2.24, 2.45) is 5.92 Å². The molecule has 1 aliphatic heterocycles. The minimum atomic E-state index is -0.567. The van der Waals surface area contributed by atoms with Crippen molar-refractivity contribution < 1.29 is 14.3 Å². The smallest absolute Gasteiger partial charge is 0.318 e. The fourth-order valence-electron chi connectivity index (χ4n) is 3.57. The number of esters is 1. The first-order chi connectivity index (χ1) is 10.7. The second-order valence-corrected chi connectivity index (χ2v) is 6.89. The van der Waals surface area contributed by atoms with Crippen LogP contribution in [0.25, 0.3) is 0 Å². The first kappa shape index (κ1) is 17.3. The van der Waals surface area contributed by atoms with Crippen LogP contribution < -0.4 is 5.32 Å². The maximum atomic E-state index is 12.3. The number of amides is 1. The van der Waals surface area contributed by atoms with Crippen LogP contribution in [-0.2, 0) is 14.3 Å². The number of cyclic esters (lactones) is 1. The Labute approximate surface area is 134 Å². The van der Waals surface area contributed by atoms with Gasteiger partial charge < -0.3 is 10.1 Å². The lowest BCUT2D eigenvalue weighted by Crippen LogP contribution is -2.41. The van der Waals surface area contributed by atoms with Crippen LogP contribution >= 0.6 is 0 Å². The third-order valence-electron chi connectivity index (χ3n) is 4.96. The summed E-state index contributed by atoms with van der Waals surface area (Å²) in [5.74, 6) is -0.986. The molecule has 4 nitrogen and oxygen atoms in total. The topological polar surface area (TPSA) is 55.4 Å². The first-order valence-electron chi connectivity index (χ1n) is 9.21. The van der Waals surface area contributed by atoms with Crippen LogP contribution in [0.4, 0.5) is 0 Å². The van der Waals surface area contributed by atoms with Gasteiger partial charge in [-0.25, -0.2) is 0 Å². The van der Waals surface area contributed by atoms with Gasteiger partial charge in [-0.05, 0) is 25.7 Å². The minimum Gasteiger partial charge on any atom is -0.462 e. The molecule has 2 atom stereocenters. The van der Waals surface area contributed by atoms with Gasteiger partial charge >= 0.3 is 5.97 Å². The van der Waals surface area contributed by atoms with Gasteiger partial charge in [-0.1, -0.05) is 51.9 Å². The van der Waals surface area contributed by atoms with Crippen molar-refractivity contribution in [3.05, 3.63) is 0 Å². The van der Waals surface area contributed by atoms with E-state index in [1.54, 1.807) is 0 Å². The molecule has 126 valence electrons. The normalized spacial score (nSPS) is 26.0. The second kappa shape index (κ2) is 9.16. The number of unbranched alkanes of at least 4 members (excludes halogenated alkanes) is 4. The van der Waals surface area contributed by atoms with Crippen LogP contribution in [0, 0.1) is 5.92 Å². The molecule has 4 heteroatoms. The second-order valence-electron chi connectivity index (χ2n) is 6.89. The summed E-state index contributed by atoms with van der Waals surface area (Å²) in [6.07, 6.45) is 13.2. The van der Waals surface area contributed by atoms with E-state index in [1.165, 1.54) is 44.9 Å². The number of hydrogen-bond donors (Lipinski definition) is 1. The number of ether oxygens (including phenoxy) is 1. The Kier molecular flexibility index (Phi) is 7.20. The molecule has 1 saturated heterocycles. The maximum absolute atomic E-state index is 12.3. The molecular weight excluding hydrogens is 278 g/mol. The van der Waals surface area contributed by atoms with Gasteiger partial charge in [-0.15, -0.1) is 0 Å². The van der Waals surface area contributed by atoms with Gasteiger partial charge in [0.05, 0.1) is 0 Å². The molecule has 0 bridgehead atoms. The lowest BCUT2D eigenvalue weighted by Gasteiger charge is -2.23. The number of hydrogen-bond acceptors (Lipinski definition) is 3. The van der Waals surface area contributed by atoms with Crippen molar-refractivity contribution in [1.29, 1.82) is 0 Å². The minimum absolute atomic E-state index is 0.0452. The molecule has 0 aromatic rings. The Morgan fingerprint density at radius 3 is 2.59 bits per heavy atom. The van der Waals surface area contributed by atoms with E-state index in [9.17, 15) is 9.59 Å². The molecule has 1 N–H and O–H groups in total. The monoisotopic (exact) mass is 309 g/mol.